The molecule has 0 radical (unpaired) electrons. The quantitative estimate of drug-likeness (QED) is 0.427. The summed E-state index contributed by atoms with van der Waals surface area (Å²) in [5.41, 5.74) is 3.33. The number of hydrogen-bond donors (Lipinski definition) is 2. The maximum absolute atomic E-state index is 11.5. The van der Waals surface area contributed by atoms with Gasteiger partial charge >= 0.3 is 5.97 Å². The SMILES string of the molecule is CCOC(=O)c1cnc(NN)nc1CC. The molecule has 1 rings (SSSR count). The van der Waals surface area contributed by atoms with Gasteiger partial charge in [-0.05, 0) is 13.3 Å². The molecule has 6 nitrogen and oxygen atoms in total. The van der Waals surface area contributed by atoms with Gasteiger partial charge in [0.05, 0.1) is 17.9 Å². The Kier molecular flexibility index (Phi) is 3.99. The maximum Gasteiger partial charge on any atom is 0.341 e. The van der Waals surface area contributed by atoms with Crippen molar-refractivity contribution in [3.05, 3.63) is 17.5 Å². The zero-order chi connectivity index (χ0) is 11.3. The zero-order valence-electron chi connectivity index (χ0n) is 8.78. The molecule has 0 saturated heterocycles. The summed E-state index contributed by atoms with van der Waals surface area (Å²) in [4.78, 5) is 19.4. The molecule has 0 aliphatic heterocycles. The molecule has 0 amide bonds. The molecule has 0 spiro atoms. The number of hydrogen-bond acceptors (Lipinski definition) is 6. The normalized spacial score (nSPS) is 9.80. The molecule has 1 heterocycles. The number of aryl methyl sites for hydroxylation is 1. The molecule has 1 aromatic rings. The van der Waals surface area contributed by atoms with Crippen molar-refractivity contribution < 1.29 is 9.53 Å². The summed E-state index contributed by atoms with van der Waals surface area (Å²) >= 11 is 0. The average molecular weight is 210 g/mol. The van der Waals surface area contributed by atoms with Crippen molar-refractivity contribution in [1.82, 2.24) is 9.97 Å². The van der Waals surface area contributed by atoms with Crippen LogP contribution in [0.15, 0.2) is 6.20 Å². The second kappa shape index (κ2) is 5.26. The predicted molar refractivity (Wildman–Crippen MR) is 55.2 cm³/mol. The Labute approximate surface area is 87.8 Å². The number of anilines is 1. The van der Waals surface area contributed by atoms with E-state index in [4.69, 9.17) is 10.6 Å². The molecule has 0 atom stereocenters. The molecule has 0 aliphatic carbocycles. The highest BCUT2D eigenvalue weighted by Crippen LogP contribution is 2.09. The van der Waals surface area contributed by atoms with Crippen molar-refractivity contribution in [2.24, 2.45) is 5.84 Å². The summed E-state index contributed by atoms with van der Waals surface area (Å²) in [5.74, 6) is 5.05. The average Bonchev–Trinajstić information content (AvgIpc) is 2.28. The molecule has 0 fully saturated rings. The van der Waals surface area contributed by atoms with E-state index in [1.807, 2.05) is 6.92 Å². The molecule has 15 heavy (non-hydrogen) atoms. The van der Waals surface area contributed by atoms with Gasteiger partial charge in [0.1, 0.15) is 0 Å². The van der Waals surface area contributed by atoms with E-state index in [0.29, 0.717) is 30.2 Å². The van der Waals surface area contributed by atoms with E-state index in [0.717, 1.165) is 0 Å². The van der Waals surface area contributed by atoms with Gasteiger partial charge in [-0.25, -0.2) is 20.6 Å². The summed E-state index contributed by atoms with van der Waals surface area (Å²) in [5, 5.41) is 0. The molecule has 1 aromatic heterocycles. The first-order valence-corrected chi connectivity index (χ1v) is 4.72. The largest absolute Gasteiger partial charge is 0.462 e. The standard InChI is InChI=1S/C9H14N4O2/c1-3-7-6(8(14)15-4-2)5-11-9(12-7)13-10/h5H,3-4,10H2,1-2H3,(H,11,12,13). The van der Waals surface area contributed by atoms with Crippen molar-refractivity contribution in [2.75, 3.05) is 12.0 Å². The Morgan fingerprint density at radius 1 is 1.60 bits per heavy atom. The van der Waals surface area contributed by atoms with Crippen LogP contribution in [0.3, 0.4) is 0 Å². The number of carbonyl (C=O) groups is 1. The number of aromatic nitrogens is 2. The van der Waals surface area contributed by atoms with Crippen molar-refractivity contribution in [3.63, 3.8) is 0 Å². The van der Waals surface area contributed by atoms with E-state index in [-0.39, 0.29) is 0 Å². The van der Waals surface area contributed by atoms with Gasteiger partial charge < -0.3 is 4.74 Å². The minimum atomic E-state index is -0.405. The maximum atomic E-state index is 11.5. The first kappa shape index (κ1) is 11.4. The summed E-state index contributed by atoms with van der Waals surface area (Å²) in [6.07, 6.45) is 2.03. The zero-order valence-corrected chi connectivity index (χ0v) is 8.78. The Balaban J connectivity index is 3.02. The highest BCUT2D eigenvalue weighted by atomic mass is 16.5. The number of ether oxygens (including phenoxy) is 1. The summed E-state index contributed by atoms with van der Waals surface area (Å²) in [6.45, 7) is 3.98. The van der Waals surface area contributed by atoms with E-state index in [1.165, 1.54) is 6.20 Å². The lowest BCUT2D eigenvalue weighted by molar-refractivity contribution is 0.0524. The van der Waals surface area contributed by atoms with Crippen LogP contribution in [0, 0.1) is 0 Å². The molecule has 0 aliphatic rings. The fraction of sp³-hybridized carbons (Fsp3) is 0.444. The molecule has 0 saturated carbocycles. The minimum absolute atomic E-state index is 0.292. The van der Waals surface area contributed by atoms with E-state index in [1.54, 1.807) is 6.92 Å². The van der Waals surface area contributed by atoms with Crippen LogP contribution in [-0.4, -0.2) is 22.5 Å². The number of nitrogens with zero attached hydrogens (tertiary/aromatic N) is 2. The van der Waals surface area contributed by atoms with Gasteiger partial charge in [-0.2, -0.15) is 0 Å². The number of hydrazine groups is 1. The number of esters is 1. The van der Waals surface area contributed by atoms with Crippen LogP contribution in [-0.2, 0) is 11.2 Å². The number of nitrogens with one attached hydrogen (secondary N) is 1. The third-order valence-corrected chi connectivity index (χ3v) is 1.83. The highest BCUT2D eigenvalue weighted by molar-refractivity contribution is 5.90. The minimum Gasteiger partial charge on any atom is -0.462 e. The smallest absolute Gasteiger partial charge is 0.341 e. The topological polar surface area (TPSA) is 90.1 Å². The van der Waals surface area contributed by atoms with Crippen LogP contribution in [0.25, 0.3) is 0 Å². The molecule has 0 aromatic carbocycles. The van der Waals surface area contributed by atoms with Crippen LogP contribution in [0.4, 0.5) is 5.95 Å². The third kappa shape index (κ3) is 2.63. The molecule has 82 valence electrons. The lowest BCUT2D eigenvalue weighted by Gasteiger charge is -2.07. The van der Waals surface area contributed by atoms with Gasteiger partial charge in [0.15, 0.2) is 0 Å². The van der Waals surface area contributed by atoms with E-state index in [2.05, 4.69) is 15.4 Å². The van der Waals surface area contributed by atoms with Crippen LogP contribution < -0.4 is 11.3 Å². The fourth-order valence-electron chi connectivity index (χ4n) is 1.14. The highest BCUT2D eigenvalue weighted by Gasteiger charge is 2.13. The number of carbonyl (C=O) groups excluding carboxylic acids is 1. The van der Waals surface area contributed by atoms with Crippen LogP contribution in [0.5, 0.6) is 0 Å². The summed E-state index contributed by atoms with van der Waals surface area (Å²) in [7, 11) is 0. The van der Waals surface area contributed by atoms with Crippen LogP contribution in [0.2, 0.25) is 0 Å². The first-order valence-electron chi connectivity index (χ1n) is 4.72. The second-order valence-electron chi connectivity index (χ2n) is 2.77. The lowest BCUT2D eigenvalue weighted by Crippen LogP contribution is -2.15. The van der Waals surface area contributed by atoms with Crippen molar-refractivity contribution >= 4 is 11.9 Å². The molecule has 3 N–H and O–H groups in total. The van der Waals surface area contributed by atoms with E-state index >= 15 is 0 Å². The predicted octanol–water partition coefficient (Wildman–Crippen LogP) is 0.501. The molecule has 0 bridgehead atoms. The Morgan fingerprint density at radius 2 is 2.33 bits per heavy atom. The Bertz CT molecular complexity index is 354. The van der Waals surface area contributed by atoms with Crippen LogP contribution >= 0.6 is 0 Å². The lowest BCUT2D eigenvalue weighted by atomic mass is 10.2. The number of nitrogens with two attached hydrogens (primary N) is 1. The Hall–Kier alpha value is -1.69. The van der Waals surface area contributed by atoms with Gasteiger partial charge in [0, 0.05) is 6.20 Å². The van der Waals surface area contributed by atoms with Gasteiger partial charge in [-0.3, -0.25) is 5.43 Å². The summed E-state index contributed by atoms with van der Waals surface area (Å²) in [6, 6.07) is 0. The van der Waals surface area contributed by atoms with E-state index in [9.17, 15) is 4.79 Å². The van der Waals surface area contributed by atoms with Crippen molar-refractivity contribution in [3.8, 4) is 0 Å². The van der Waals surface area contributed by atoms with Crippen molar-refractivity contribution in [2.45, 2.75) is 20.3 Å². The van der Waals surface area contributed by atoms with E-state index < -0.39 is 5.97 Å². The molecular formula is C9H14N4O2. The first-order chi connectivity index (χ1) is 7.22. The fourth-order valence-corrected chi connectivity index (χ4v) is 1.14. The number of nitrogen functional groups attached to an aromatic ring is 1. The van der Waals surface area contributed by atoms with Gasteiger partial charge in [-0.1, -0.05) is 6.92 Å². The second-order valence-corrected chi connectivity index (χ2v) is 2.77. The van der Waals surface area contributed by atoms with Gasteiger partial charge in [0.2, 0.25) is 5.95 Å². The molecule has 6 heteroatoms. The third-order valence-electron chi connectivity index (χ3n) is 1.83. The Morgan fingerprint density at radius 3 is 2.87 bits per heavy atom. The van der Waals surface area contributed by atoms with Crippen LogP contribution in [0.1, 0.15) is 29.9 Å². The van der Waals surface area contributed by atoms with Gasteiger partial charge in [0.25, 0.3) is 0 Å². The van der Waals surface area contributed by atoms with Gasteiger partial charge in [-0.15, -0.1) is 0 Å². The molecule has 0 unspecified atom stereocenters. The van der Waals surface area contributed by atoms with Crippen molar-refractivity contribution in [1.29, 1.82) is 0 Å². The summed E-state index contributed by atoms with van der Waals surface area (Å²) < 4.78 is 4.87. The molecular weight excluding hydrogens is 196 g/mol. The monoisotopic (exact) mass is 210 g/mol. The number of rotatable bonds is 4.